The summed E-state index contributed by atoms with van der Waals surface area (Å²) < 4.78 is 11.8. The van der Waals surface area contributed by atoms with Gasteiger partial charge in [0.25, 0.3) is 0 Å². The molecule has 4 nitrogen and oxygen atoms in total. The van der Waals surface area contributed by atoms with Crippen molar-refractivity contribution >= 4 is 11.6 Å². The van der Waals surface area contributed by atoms with Gasteiger partial charge in [0.2, 0.25) is 0 Å². The molecule has 0 N–H and O–H groups in total. The average Bonchev–Trinajstić information content (AvgIpc) is 2.99. The number of benzene rings is 4. The van der Waals surface area contributed by atoms with Crippen LogP contribution in [0.4, 0.5) is 0 Å². The molecular formula is C36H38O4. The molecule has 0 radical (unpaired) electrons. The third-order valence-corrected chi connectivity index (χ3v) is 7.03. The standard InChI is InChI=1S/C36H38O4/c1-27(37)29-9-13-31(14-10-29)33-17-21-35(22-18-33)39-25-7-5-3-4-6-8-26-40-36-23-19-34(20-24-36)32-15-11-30(12-16-32)28(2)38/h9-24H,3-8,25-26H2,1-2H3. The maximum absolute atomic E-state index is 11.4. The lowest BCUT2D eigenvalue weighted by atomic mass is 10.0. The summed E-state index contributed by atoms with van der Waals surface area (Å²) in [4.78, 5) is 22.9. The van der Waals surface area contributed by atoms with Crippen LogP contribution >= 0.6 is 0 Å². The summed E-state index contributed by atoms with van der Waals surface area (Å²) in [6.07, 6.45) is 6.83. The highest BCUT2D eigenvalue weighted by Crippen LogP contribution is 2.24. The summed E-state index contributed by atoms with van der Waals surface area (Å²) in [5, 5.41) is 0. The van der Waals surface area contributed by atoms with Crippen LogP contribution in [0.15, 0.2) is 97.1 Å². The molecule has 0 aliphatic rings. The lowest BCUT2D eigenvalue weighted by Crippen LogP contribution is -1.98. The van der Waals surface area contributed by atoms with Crippen LogP contribution in [0.5, 0.6) is 11.5 Å². The minimum Gasteiger partial charge on any atom is -0.494 e. The molecule has 0 amide bonds. The first-order valence-electron chi connectivity index (χ1n) is 14.2. The van der Waals surface area contributed by atoms with E-state index >= 15 is 0 Å². The molecule has 0 saturated heterocycles. The number of ether oxygens (including phenoxy) is 2. The van der Waals surface area contributed by atoms with Gasteiger partial charge in [-0.05, 0) is 73.2 Å². The monoisotopic (exact) mass is 534 g/mol. The number of rotatable bonds is 15. The van der Waals surface area contributed by atoms with Gasteiger partial charge in [0.1, 0.15) is 11.5 Å². The van der Waals surface area contributed by atoms with Crippen LogP contribution in [-0.4, -0.2) is 24.8 Å². The fraction of sp³-hybridized carbons (Fsp3) is 0.278. The van der Waals surface area contributed by atoms with Crippen LogP contribution in [0.3, 0.4) is 0 Å². The Morgan fingerprint density at radius 2 is 0.700 bits per heavy atom. The Labute approximate surface area is 238 Å². The van der Waals surface area contributed by atoms with Crippen LogP contribution < -0.4 is 9.47 Å². The summed E-state index contributed by atoms with van der Waals surface area (Å²) in [7, 11) is 0. The van der Waals surface area contributed by atoms with E-state index in [1.807, 2.05) is 72.8 Å². The number of Topliss-reactive ketones (excluding diaryl/α,β-unsaturated/α-hetero) is 2. The largest absolute Gasteiger partial charge is 0.494 e. The Balaban J connectivity index is 1.04. The molecule has 0 aliphatic carbocycles. The normalized spacial score (nSPS) is 10.8. The third kappa shape index (κ3) is 8.67. The Bertz CT molecular complexity index is 1240. The first kappa shape index (κ1) is 28.8. The molecule has 0 bridgehead atoms. The van der Waals surface area contributed by atoms with E-state index in [1.54, 1.807) is 13.8 Å². The lowest BCUT2D eigenvalue weighted by molar-refractivity contribution is 0.100. The van der Waals surface area contributed by atoms with Crippen LogP contribution in [0.2, 0.25) is 0 Å². The van der Waals surface area contributed by atoms with E-state index < -0.39 is 0 Å². The van der Waals surface area contributed by atoms with Crippen LogP contribution in [0.1, 0.15) is 73.1 Å². The second kappa shape index (κ2) is 14.8. The summed E-state index contributed by atoms with van der Waals surface area (Å²) in [6.45, 7) is 4.62. The fourth-order valence-corrected chi connectivity index (χ4v) is 4.57. The van der Waals surface area contributed by atoms with Crippen molar-refractivity contribution in [1.29, 1.82) is 0 Å². The van der Waals surface area contributed by atoms with E-state index in [1.165, 1.54) is 12.8 Å². The van der Waals surface area contributed by atoms with Crippen molar-refractivity contribution in [3.63, 3.8) is 0 Å². The van der Waals surface area contributed by atoms with Gasteiger partial charge in [0.05, 0.1) is 13.2 Å². The maximum atomic E-state index is 11.4. The van der Waals surface area contributed by atoms with Crippen molar-refractivity contribution in [1.82, 2.24) is 0 Å². The van der Waals surface area contributed by atoms with Crippen molar-refractivity contribution in [2.45, 2.75) is 52.4 Å². The van der Waals surface area contributed by atoms with E-state index in [0.29, 0.717) is 0 Å². The van der Waals surface area contributed by atoms with Crippen LogP contribution in [0, 0.1) is 0 Å². The Morgan fingerprint density at radius 3 is 1.00 bits per heavy atom. The smallest absolute Gasteiger partial charge is 0.159 e. The summed E-state index contributed by atoms with van der Waals surface area (Å²) in [6, 6.07) is 31.7. The molecule has 4 rings (SSSR count). The molecule has 0 aliphatic heterocycles. The van der Waals surface area contributed by atoms with Gasteiger partial charge in [-0.2, -0.15) is 0 Å². The minimum atomic E-state index is 0.0820. The second-order valence-corrected chi connectivity index (χ2v) is 10.1. The Morgan fingerprint density at radius 1 is 0.425 bits per heavy atom. The number of ketones is 2. The summed E-state index contributed by atoms with van der Waals surface area (Å²) >= 11 is 0. The number of hydrogen-bond donors (Lipinski definition) is 0. The molecule has 0 atom stereocenters. The molecule has 4 aromatic carbocycles. The minimum absolute atomic E-state index is 0.0820. The molecule has 206 valence electrons. The van der Waals surface area contributed by atoms with Crippen LogP contribution in [0.25, 0.3) is 22.3 Å². The van der Waals surface area contributed by atoms with E-state index in [9.17, 15) is 9.59 Å². The zero-order valence-corrected chi connectivity index (χ0v) is 23.5. The highest BCUT2D eigenvalue weighted by atomic mass is 16.5. The highest BCUT2D eigenvalue weighted by molar-refractivity contribution is 5.95. The van der Waals surface area contributed by atoms with Gasteiger partial charge in [0, 0.05) is 11.1 Å². The molecule has 0 fully saturated rings. The van der Waals surface area contributed by atoms with Crippen molar-refractivity contribution in [3.8, 4) is 33.8 Å². The molecule has 0 unspecified atom stereocenters. The first-order valence-corrected chi connectivity index (χ1v) is 14.2. The SMILES string of the molecule is CC(=O)c1ccc(-c2ccc(OCCCCCCCCOc3ccc(-c4ccc(C(C)=O)cc4)cc3)cc2)cc1. The van der Waals surface area contributed by atoms with Gasteiger partial charge in [-0.25, -0.2) is 0 Å². The molecular weight excluding hydrogens is 496 g/mol. The van der Waals surface area contributed by atoms with Crippen LogP contribution in [-0.2, 0) is 0 Å². The number of carbonyl (C=O) groups is 2. The van der Waals surface area contributed by atoms with Gasteiger partial charge in [-0.15, -0.1) is 0 Å². The summed E-state index contributed by atoms with van der Waals surface area (Å²) in [5.41, 5.74) is 5.87. The predicted octanol–water partition coefficient (Wildman–Crippen LogP) is 9.22. The van der Waals surface area contributed by atoms with E-state index in [4.69, 9.17) is 9.47 Å². The molecule has 4 aromatic rings. The topological polar surface area (TPSA) is 52.6 Å². The first-order chi connectivity index (χ1) is 19.5. The predicted molar refractivity (Wildman–Crippen MR) is 162 cm³/mol. The average molecular weight is 535 g/mol. The molecule has 40 heavy (non-hydrogen) atoms. The lowest BCUT2D eigenvalue weighted by Gasteiger charge is -2.09. The second-order valence-electron chi connectivity index (χ2n) is 10.1. The van der Waals surface area contributed by atoms with Gasteiger partial charge >= 0.3 is 0 Å². The Hall–Kier alpha value is -4.18. The van der Waals surface area contributed by atoms with Gasteiger partial charge in [-0.1, -0.05) is 98.5 Å². The van der Waals surface area contributed by atoms with Gasteiger partial charge in [0.15, 0.2) is 11.6 Å². The van der Waals surface area contributed by atoms with E-state index in [-0.39, 0.29) is 11.6 Å². The van der Waals surface area contributed by atoms with Crippen molar-refractivity contribution in [3.05, 3.63) is 108 Å². The highest BCUT2D eigenvalue weighted by Gasteiger charge is 2.04. The molecule has 0 heterocycles. The van der Waals surface area contributed by atoms with Gasteiger partial charge < -0.3 is 9.47 Å². The van der Waals surface area contributed by atoms with Crippen molar-refractivity contribution in [2.75, 3.05) is 13.2 Å². The van der Waals surface area contributed by atoms with Gasteiger partial charge in [-0.3, -0.25) is 9.59 Å². The van der Waals surface area contributed by atoms with E-state index in [2.05, 4.69) is 24.3 Å². The maximum Gasteiger partial charge on any atom is 0.159 e. The van der Waals surface area contributed by atoms with Crippen molar-refractivity contribution < 1.29 is 19.1 Å². The number of unbranched alkanes of at least 4 members (excludes halogenated alkanes) is 5. The quantitative estimate of drug-likeness (QED) is 0.113. The fourth-order valence-electron chi connectivity index (χ4n) is 4.57. The zero-order chi connectivity index (χ0) is 28.2. The summed E-state index contributed by atoms with van der Waals surface area (Å²) in [5.74, 6) is 1.94. The zero-order valence-electron chi connectivity index (χ0n) is 23.5. The third-order valence-electron chi connectivity index (χ3n) is 7.03. The van der Waals surface area contributed by atoms with E-state index in [0.717, 1.165) is 83.8 Å². The van der Waals surface area contributed by atoms with Crippen molar-refractivity contribution in [2.24, 2.45) is 0 Å². The number of carbonyl (C=O) groups excluding carboxylic acids is 2. The Kier molecular flexibility index (Phi) is 10.7. The molecule has 0 saturated carbocycles. The molecule has 0 spiro atoms. The number of hydrogen-bond acceptors (Lipinski definition) is 4. The molecule has 0 aromatic heterocycles. The molecule has 4 heteroatoms.